The summed E-state index contributed by atoms with van der Waals surface area (Å²) in [5.74, 6) is 1.50. The number of aryl methyl sites for hydroxylation is 1. The van der Waals surface area contributed by atoms with E-state index in [1.165, 1.54) is 0 Å². The van der Waals surface area contributed by atoms with Crippen LogP contribution >= 0.6 is 0 Å². The fraction of sp³-hybridized carbons (Fsp3) is 0.692. The highest BCUT2D eigenvalue weighted by atomic mass is 32.2. The van der Waals surface area contributed by atoms with Crippen LogP contribution in [0.5, 0.6) is 0 Å². The lowest BCUT2D eigenvalue weighted by Gasteiger charge is -2.25. The second-order valence-electron chi connectivity index (χ2n) is 5.76. The van der Waals surface area contributed by atoms with Crippen molar-refractivity contribution < 1.29 is 12.8 Å². The molecule has 0 radical (unpaired) electrons. The average molecular weight is 286 g/mol. The fourth-order valence-electron chi connectivity index (χ4n) is 2.34. The van der Waals surface area contributed by atoms with E-state index in [-0.39, 0.29) is 4.90 Å². The van der Waals surface area contributed by atoms with Crippen molar-refractivity contribution in [2.24, 2.45) is 5.92 Å². The van der Waals surface area contributed by atoms with Crippen LogP contribution in [0.15, 0.2) is 15.4 Å². The van der Waals surface area contributed by atoms with Crippen molar-refractivity contribution in [3.05, 3.63) is 17.6 Å². The number of hydrogen-bond acceptors (Lipinski definition) is 4. The molecule has 6 heteroatoms. The lowest BCUT2D eigenvalue weighted by molar-refractivity contribution is 0.399. The van der Waals surface area contributed by atoms with Gasteiger partial charge >= 0.3 is 0 Å². The summed E-state index contributed by atoms with van der Waals surface area (Å²) >= 11 is 0. The molecule has 1 aliphatic rings. The van der Waals surface area contributed by atoms with Crippen molar-refractivity contribution >= 4 is 10.0 Å². The van der Waals surface area contributed by atoms with Crippen molar-refractivity contribution in [1.82, 2.24) is 10.0 Å². The molecule has 0 amide bonds. The predicted octanol–water partition coefficient (Wildman–Crippen LogP) is 1.77. The Morgan fingerprint density at radius 3 is 2.58 bits per heavy atom. The molecule has 1 fully saturated rings. The summed E-state index contributed by atoms with van der Waals surface area (Å²) in [6.45, 7) is 6.07. The second-order valence-corrected chi connectivity index (χ2v) is 7.42. The number of hydrogen-bond donors (Lipinski definition) is 2. The van der Waals surface area contributed by atoms with Gasteiger partial charge in [0, 0.05) is 11.6 Å². The van der Waals surface area contributed by atoms with Gasteiger partial charge in [0.05, 0.1) is 6.54 Å². The van der Waals surface area contributed by atoms with E-state index in [0.717, 1.165) is 12.8 Å². The van der Waals surface area contributed by atoms with Crippen LogP contribution in [0.4, 0.5) is 0 Å². The van der Waals surface area contributed by atoms with E-state index in [1.54, 1.807) is 20.0 Å². The summed E-state index contributed by atoms with van der Waals surface area (Å²) in [6.07, 6.45) is 2.18. The van der Waals surface area contributed by atoms with Crippen molar-refractivity contribution in [1.29, 1.82) is 0 Å². The number of furan rings is 1. The van der Waals surface area contributed by atoms with Crippen molar-refractivity contribution in [3.63, 3.8) is 0 Å². The van der Waals surface area contributed by atoms with Gasteiger partial charge in [0.25, 0.3) is 0 Å². The quantitative estimate of drug-likeness (QED) is 0.836. The summed E-state index contributed by atoms with van der Waals surface area (Å²) in [6, 6.07) is 1.59. The van der Waals surface area contributed by atoms with E-state index in [4.69, 9.17) is 4.42 Å². The second kappa shape index (κ2) is 4.92. The van der Waals surface area contributed by atoms with Gasteiger partial charge < -0.3 is 9.73 Å². The van der Waals surface area contributed by atoms with Crippen molar-refractivity contribution in [3.8, 4) is 0 Å². The highest BCUT2D eigenvalue weighted by molar-refractivity contribution is 7.89. The molecule has 1 heterocycles. The molecule has 108 valence electrons. The number of nitrogens with one attached hydrogen (secondary N) is 2. The van der Waals surface area contributed by atoms with E-state index < -0.39 is 15.6 Å². The van der Waals surface area contributed by atoms with Gasteiger partial charge in [0.15, 0.2) is 0 Å². The summed E-state index contributed by atoms with van der Waals surface area (Å²) in [7, 11) is -1.73. The molecule has 19 heavy (non-hydrogen) atoms. The van der Waals surface area contributed by atoms with E-state index in [1.807, 2.05) is 13.8 Å². The maximum absolute atomic E-state index is 12.4. The molecule has 0 spiro atoms. The normalized spacial score (nSPS) is 16.8. The molecule has 1 aromatic rings. The molecule has 5 nitrogen and oxygen atoms in total. The molecular weight excluding hydrogens is 264 g/mol. The summed E-state index contributed by atoms with van der Waals surface area (Å²) in [4.78, 5) is 0.242. The van der Waals surface area contributed by atoms with Crippen LogP contribution in [0.25, 0.3) is 0 Å². The number of rotatable bonds is 6. The molecule has 2 N–H and O–H groups in total. The van der Waals surface area contributed by atoms with Crippen molar-refractivity contribution in [2.45, 2.75) is 50.6 Å². The van der Waals surface area contributed by atoms with Crippen LogP contribution in [0, 0.1) is 12.8 Å². The molecule has 0 atom stereocenters. The van der Waals surface area contributed by atoms with Gasteiger partial charge in [-0.15, -0.1) is 0 Å². The molecule has 1 saturated carbocycles. The summed E-state index contributed by atoms with van der Waals surface area (Å²) in [5.41, 5.74) is -0.397. The Kier molecular flexibility index (Phi) is 3.77. The molecule has 0 bridgehead atoms. The van der Waals surface area contributed by atoms with Crippen LogP contribution in [-0.2, 0) is 16.6 Å². The highest BCUT2D eigenvalue weighted by Crippen LogP contribution is 2.40. The first kappa shape index (κ1) is 14.6. The van der Waals surface area contributed by atoms with Gasteiger partial charge in [-0.25, -0.2) is 13.1 Å². The minimum absolute atomic E-state index is 0.242. The summed E-state index contributed by atoms with van der Waals surface area (Å²) < 4.78 is 33.1. The molecule has 1 aliphatic carbocycles. The third-order valence-corrected chi connectivity index (χ3v) is 5.34. The molecule has 1 aromatic heterocycles. The van der Waals surface area contributed by atoms with Gasteiger partial charge in [-0.05, 0) is 46.6 Å². The molecule has 0 saturated heterocycles. The van der Waals surface area contributed by atoms with Gasteiger partial charge in [0.1, 0.15) is 16.4 Å². The van der Waals surface area contributed by atoms with E-state index in [0.29, 0.717) is 24.0 Å². The Morgan fingerprint density at radius 2 is 2.05 bits per heavy atom. The Hall–Kier alpha value is -0.850. The Balaban J connectivity index is 2.23. The zero-order valence-corrected chi connectivity index (χ0v) is 12.7. The third kappa shape index (κ3) is 3.19. The highest BCUT2D eigenvalue weighted by Gasteiger charge is 2.41. The van der Waals surface area contributed by atoms with Gasteiger partial charge in [-0.2, -0.15) is 0 Å². The van der Waals surface area contributed by atoms with Crippen LogP contribution < -0.4 is 10.0 Å². The average Bonchev–Trinajstić information content (AvgIpc) is 3.03. The van der Waals surface area contributed by atoms with Crippen LogP contribution in [0.3, 0.4) is 0 Å². The predicted molar refractivity (Wildman–Crippen MR) is 73.3 cm³/mol. The lowest BCUT2D eigenvalue weighted by Crippen LogP contribution is -2.45. The zero-order chi connectivity index (χ0) is 14.3. The fourth-order valence-corrected chi connectivity index (χ4v) is 4.02. The van der Waals surface area contributed by atoms with E-state index >= 15 is 0 Å². The first-order valence-corrected chi connectivity index (χ1v) is 8.02. The molecular formula is C13H22N2O3S. The van der Waals surface area contributed by atoms with E-state index in [9.17, 15) is 8.42 Å². The monoisotopic (exact) mass is 286 g/mol. The maximum atomic E-state index is 12.4. The largest absolute Gasteiger partial charge is 0.464 e. The first-order chi connectivity index (χ1) is 8.76. The molecule has 0 aromatic carbocycles. The van der Waals surface area contributed by atoms with Crippen LogP contribution in [0.1, 0.15) is 38.2 Å². The summed E-state index contributed by atoms with van der Waals surface area (Å²) in [5, 5.41) is 2.94. The Bertz CT molecular complexity index is 556. The standard InChI is InChI=1S/C13H22N2O3S/c1-9-12(7-11(18-9)8-14-4)19(16,17)15-13(2,3)10-5-6-10/h7,10,14-15H,5-6,8H2,1-4H3. The lowest BCUT2D eigenvalue weighted by atomic mass is 10.0. The smallest absolute Gasteiger partial charge is 0.244 e. The van der Waals surface area contributed by atoms with Crippen molar-refractivity contribution in [2.75, 3.05) is 7.05 Å². The third-order valence-electron chi connectivity index (χ3n) is 3.56. The topological polar surface area (TPSA) is 71.3 Å². The van der Waals surface area contributed by atoms with E-state index in [2.05, 4.69) is 10.0 Å². The van der Waals surface area contributed by atoms with Crippen LogP contribution in [-0.4, -0.2) is 21.0 Å². The molecule has 0 unspecified atom stereocenters. The van der Waals surface area contributed by atoms with Gasteiger partial charge in [-0.3, -0.25) is 0 Å². The Morgan fingerprint density at radius 1 is 1.42 bits per heavy atom. The minimum Gasteiger partial charge on any atom is -0.464 e. The first-order valence-electron chi connectivity index (χ1n) is 6.54. The zero-order valence-electron chi connectivity index (χ0n) is 11.9. The number of sulfonamides is 1. The minimum atomic E-state index is -3.52. The molecule has 2 rings (SSSR count). The maximum Gasteiger partial charge on any atom is 0.244 e. The van der Waals surface area contributed by atoms with Crippen LogP contribution in [0.2, 0.25) is 0 Å². The van der Waals surface area contributed by atoms with Gasteiger partial charge in [-0.1, -0.05) is 0 Å². The molecule has 0 aliphatic heterocycles. The van der Waals surface area contributed by atoms with Gasteiger partial charge in [0.2, 0.25) is 10.0 Å². The SMILES string of the molecule is CNCc1cc(S(=O)(=O)NC(C)(C)C2CC2)c(C)o1. The Labute approximate surface area is 114 Å².